The standard InChI is InChI=1S/C22H18N4O2/c1-14-11-19(27)26-22(24-14)17-7-3-9-18(12-17)25-20(28)13-16-6-2-5-15-8-4-10-23-21(15)16/h2-12H,13H2,1H3,(H,25,28)(H,24,26,27). The third-order valence-electron chi connectivity index (χ3n) is 4.36. The van der Waals surface area contributed by atoms with Gasteiger partial charge in [-0.3, -0.25) is 14.6 Å². The number of carbonyl (C=O) groups is 1. The van der Waals surface area contributed by atoms with Crippen molar-refractivity contribution in [3.8, 4) is 11.4 Å². The predicted molar refractivity (Wildman–Crippen MR) is 109 cm³/mol. The third kappa shape index (κ3) is 3.81. The predicted octanol–water partition coefficient (Wildman–Crippen LogP) is 3.47. The van der Waals surface area contributed by atoms with Crippen molar-refractivity contribution in [2.75, 3.05) is 5.32 Å². The molecule has 0 aliphatic rings. The lowest BCUT2D eigenvalue weighted by molar-refractivity contribution is -0.115. The van der Waals surface area contributed by atoms with Gasteiger partial charge in [-0.05, 0) is 30.7 Å². The fourth-order valence-electron chi connectivity index (χ4n) is 3.15. The molecule has 2 N–H and O–H groups in total. The first-order chi connectivity index (χ1) is 13.6. The van der Waals surface area contributed by atoms with Gasteiger partial charge in [0.05, 0.1) is 11.9 Å². The number of hydrogen-bond acceptors (Lipinski definition) is 4. The maximum Gasteiger partial charge on any atom is 0.251 e. The number of rotatable bonds is 4. The first-order valence-corrected chi connectivity index (χ1v) is 8.89. The zero-order chi connectivity index (χ0) is 19.5. The molecular weight excluding hydrogens is 352 g/mol. The molecule has 0 bridgehead atoms. The van der Waals surface area contributed by atoms with Gasteiger partial charge < -0.3 is 10.3 Å². The van der Waals surface area contributed by atoms with Crippen molar-refractivity contribution in [1.29, 1.82) is 0 Å². The molecule has 2 aromatic heterocycles. The van der Waals surface area contributed by atoms with E-state index in [1.165, 1.54) is 6.07 Å². The molecule has 0 unspecified atom stereocenters. The minimum Gasteiger partial charge on any atom is -0.326 e. The summed E-state index contributed by atoms with van der Waals surface area (Å²) in [5.41, 5.74) is 3.49. The SMILES string of the molecule is Cc1cc(=O)[nH]c(-c2cccc(NC(=O)Cc3cccc4cccnc34)c2)n1. The summed E-state index contributed by atoms with van der Waals surface area (Å²) >= 11 is 0. The minimum atomic E-state index is -0.208. The summed E-state index contributed by atoms with van der Waals surface area (Å²) in [7, 11) is 0. The number of hydrogen-bond donors (Lipinski definition) is 2. The first-order valence-electron chi connectivity index (χ1n) is 8.89. The summed E-state index contributed by atoms with van der Waals surface area (Å²) in [5.74, 6) is 0.334. The lowest BCUT2D eigenvalue weighted by Gasteiger charge is -2.09. The van der Waals surface area contributed by atoms with Crippen molar-refractivity contribution in [1.82, 2.24) is 15.0 Å². The number of anilines is 1. The molecule has 0 radical (unpaired) electrons. The summed E-state index contributed by atoms with van der Waals surface area (Å²) in [4.78, 5) is 35.7. The van der Waals surface area contributed by atoms with Crippen LogP contribution in [-0.2, 0) is 11.2 Å². The minimum absolute atomic E-state index is 0.138. The molecule has 0 atom stereocenters. The highest BCUT2D eigenvalue weighted by molar-refractivity contribution is 5.95. The Hall–Kier alpha value is -3.80. The summed E-state index contributed by atoms with van der Waals surface area (Å²) in [6, 6.07) is 18.3. The Morgan fingerprint density at radius 2 is 1.89 bits per heavy atom. The van der Waals surface area contributed by atoms with Crippen LogP contribution in [-0.4, -0.2) is 20.9 Å². The Bertz CT molecular complexity index is 1230. The van der Waals surface area contributed by atoms with Gasteiger partial charge in [-0.25, -0.2) is 4.98 Å². The van der Waals surface area contributed by atoms with Gasteiger partial charge in [0.1, 0.15) is 5.82 Å². The van der Waals surface area contributed by atoms with Crippen LogP contribution in [0.15, 0.2) is 71.7 Å². The van der Waals surface area contributed by atoms with Crippen LogP contribution in [0.25, 0.3) is 22.3 Å². The van der Waals surface area contributed by atoms with Crippen LogP contribution < -0.4 is 10.9 Å². The van der Waals surface area contributed by atoms with E-state index in [1.807, 2.05) is 42.5 Å². The smallest absolute Gasteiger partial charge is 0.251 e. The molecule has 1 amide bonds. The van der Waals surface area contributed by atoms with Crippen LogP contribution >= 0.6 is 0 Å². The van der Waals surface area contributed by atoms with Crippen LogP contribution in [0.1, 0.15) is 11.3 Å². The van der Waals surface area contributed by atoms with E-state index in [4.69, 9.17) is 0 Å². The van der Waals surface area contributed by atoms with Gasteiger partial charge in [0, 0.05) is 34.6 Å². The normalized spacial score (nSPS) is 10.8. The number of para-hydroxylation sites is 1. The van der Waals surface area contributed by atoms with Gasteiger partial charge in [-0.15, -0.1) is 0 Å². The van der Waals surface area contributed by atoms with Gasteiger partial charge in [0.25, 0.3) is 5.56 Å². The summed E-state index contributed by atoms with van der Waals surface area (Å²) < 4.78 is 0. The lowest BCUT2D eigenvalue weighted by atomic mass is 10.1. The molecule has 4 rings (SSSR count). The quantitative estimate of drug-likeness (QED) is 0.576. The van der Waals surface area contributed by atoms with Gasteiger partial charge in [0.2, 0.25) is 5.91 Å². The van der Waals surface area contributed by atoms with Crippen LogP contribution in [0.3, 0.4) is 0 Å². The van der Waals surface area contributed by atoms with Gasteiger partial charge in [0.15, 0.2) is 0 Å². The van der Waals surface area contributed by atoms with Crippen molar-refractivity contribution in [3.05, 3.63) is 88.5 Å². The van der Waals surface area contributed by atoms with E-state index in [9.17, 15) is 9.59 Å². The van der Waals surface area contributed by atoms with E-state index in [0.29, 0.717) is 17.2 Å². The van der Waals surface area contributed by atoms with Crippen LogP contribution in [0.5, 0.6) is 0 Å². The Labute approximate surface area is 161 Å². The molecule has 0 aliphatic heterocycles. The summed E-state index contributed by atoms with van der Waals surface area (Å²) in [6.07, 6.45) is 1.95. The van der Waals surface area contributed by atoms with E-state index in [-0.39, 0.29) is 17.9 Å². The number of aromatic nitrogens is 3. The van der Waals surface area contributed by atoms with E-state index in [0.717, 1.165) is 22.0 Å². The maximum atomic E-state index is 12.6. The third-order valence-corrected chi connectivity index (χ3v) is 4.36. The molecule has 0 aliphatic carbocycles. The van der Waals surface area contributed by atoms with Gasteiger partial charge in [-0.2, -0.15) is 0 Å². The molecule has 2 heterocycles. The average molecular weight is 370 g/mol. The molecular formula is C22H18N4O2. The highest BCUT2D eigenvalue weighted by Crippen LogP contribution is 2.20. The van der Waals surface area contributed by atoms with E-state index in [2.05, 4.69) is 20.3 Å². The number of benzene rings is 2. The highest BCUT2D eigenvalue weighted by Gasteiger charge is 2.09. The van der Waals surface area contributed by atoms with Gasteiger partial charge >= 0.3 is 0 Å². The van der Waals surface area contributed by atoms with Crippen molar-refractivity contribution in [2.45, 2.75) is 13.3 Å². The van der Waals surface area contributed by atoms with Crippen molar-refractivity contribution < 1.29 is 4.79 Å². The fraction of sp³-hybridized carbons (Fsp3) is 0.0909. The molecule has 138 valence electrons. The number of nitrogens with one attached hydrogen (secondary N) is 2. The van der Waals surface area contributed by atoms with Crippen LogP contribution in [0, 0.1) is 6.92 Å². The second-order valence-corrected chi connectivity index (χ2v) is 6.53. The Kier molecular flexibility index (Phi) is 4.68. The molecule has 6 heteroatoms. The first kappa shape index (κ1) is 17.6. The largest absolute Gasteiger partial charge is 0.326 e. The Morgan fingerprint density at radius 1 is 1.07 bits per heavy atom. The average Bonchev–Trinajstić information content (AvgIpc) is 2.68. The molecule has 0 saturated carbocycles. The van der Waals surface area contributed by atoms with Crippen LogP contribution in [0.4, 0.5) is 5.69 Å². The topological polar surface area (TPSA) is 87.7 Å². The number of fused-ring (bicyclic) bond motifs is 1. The number of nitrogens with zero attached hydrogens (tertiary/aromatic N) is 2. The van der Waals surface area contributed by atoms with Gasteiger partial charge in [-0.1, -0.05) is 36.4 Å². The van der Waals surface area contributed by atoms with Crippen molar-refractivity contribution in [3.63, 3.8) is 0 Å². The molecule has 0 fully saturated rings. The number of aryl methyl sites for hydroxylation is 1. The molecule has 28 heavy (non-hydrogen) atoms. The summed E-state index contributed by atoms with van der Waals surface area (Å²) in [6.45, 7) is 1.77. The number of carbonyl (C=O) groups excluding carboxylic acids is 1. The lowest BCUT2D eigenvalue weighted by Crippen LogP contribution is -2.15. The van der Waals surface area contributed by atoms with E-state index >= 15 is 0 Å². The Morgan fingerprint density at radius 3 is 2.75 bits per heavy atom. The van der Waals surface area contributed by atoms with E-state index in [1.54, 1.807) is 25.3 Å². The summed E-state index contributed by atoms with van der Waals surface area (Å²) in [5, 5.41) is 3.91. The monoisotopic (exact) mass is 370 g/mol. The fourth-order valence-corrected chi connectivity index (χ4v) is 3.15. The molecule has 4 aromatic rings. The second-order valence-electron chi connectivity index (χ2n) is 6.53. The number of amides is 1. The van der Waals surface area contributed by atoms with E-state index < -0.39 is 0 Å². The highest BCUT2D eigenvalue weighted by atomic mass is 16.1. The van der Waals surface area contributed by atoms with Crippen molar-refractivity contribution >= 4 is 22.5 Å². The number of aromatic amines is 1. The number of pyridine rings is 1. The Balaban J connectivity index is 1.56. The molecule has 6 nitrogen and oxygen atoms in total. The maximum absolute atomic E-state index is 12.6. The molecule has 2 aromatic carbocycles. The zero-order valence-corrected chi connectivity index (χ0v) is 15.3. The van der Waals surface area contributed by atoms with Crippen LogP contribution in [0.2, 0.25) is 0 Å². The van der Waals surface area contributed by atoms with Crippen molar-refractivity contribution in [2.24, 2.45) is 0 Å². The zero-order valence-electron chi connectivity index (χ0n) is 15.3. The second kappa shape index (κ2) is 7.44. The number of H-pyrrole nitrogens is 1. The molecule has 0 spiro atoms. The molecule has 0 saturated heterocycles.